The molecule has 0 spiro atoms. The Bertz CT molecular complexity index is 1020. The van der Waals surface area contributed by atoms with Crippen LogP contribution < -0.4 is 9.47 Å². The first-order valence-corrected chi connectivity index (χ1v) is 12.3. The van der Waals surface area contributed by atoms with Gasteiger partial charge < -0.3 is 9.47 Å². The zero-order valence-electron chi connectivity index (χ0n) is 17.2. The highest BCUT2D eigenvalue weighted by Gasteiger charge is 2.33. The van der Waals surface area contributed by atoms with E-state index in [1.165, 1.54) is 0 Å². The molecule has 158 valence electrons. The number of aryl methyl sites for hydroxylation is 1. The topological polar surface area (TPSA) is 73.7 Å². The molecule has 1 aromatic heterocycles. The zero-order chi connectivity index (χ0) is 20.8. The van der Waals surface area contributed by atoms with Gasteiger partial charge in [0.25, 0.3) is 0 Å². The molecule has 0 N–H and O–H groups in total. The monoisotopic (exact) mass is 437 g/mol. The van der Waals surface area contributed by atoms with Gasteiger partial charge in [-0.1, -0.05) is 6.07 Å². The number of rotatable bonds is 4. The number of ether oxygens (including phenoxy) is 2. The molecular weight excluding hydrogens is 410 g/mol. The summed E-state index contributed by atoms with van der Waals surface area (Å²) in [5, 5.41) is 4.70. The van der Waals surface area contributed by atoms with Gasteiger partial charge in [0.1, 0.15) is 4.90 Å². The van der Waals surface area contributed by atoms with Crippen molar-refractivity contribution >= 4 is 21.8 Å². The van der Waals surface area contributed by atoms with Crippen LogP contribution in [0.4, 0.5) is 0 Å². The number of hydrogen-bond acceptors (Lipinski definition) is 6. The fourth-order valence-electron chi connectivity index (χ4n) is 4.02. The Balaban J connectivity index is 1.55. The Morgan fingerprint density at radius 1 is 1.17 bits per heavy atom. The van der Waals surface area contributed by atoms with Crippen molar-refractivity contribution in [3.05, 3.63) is 35.2 Å². The van der Waals surface area contributed by atoms with Gasteiger partial charge in [-0.05, 0) is 51.8 Å². The van der Waals surface area contributed by atoms with E-state index in [-0.39, 0.29) is 18.1 Å². The molecule has 2 aliphatic rings. The van der Waals surface area contributed by atoms with E-state index in [1.54, 1.807) is 27.7 Å². The summed E-state index contributed by atoms with van der Waals surface area (Å²) in [6.45, 7) is 8.88. The van der Waals surface area contributed by atoms with E-state index < -0.39 is 10.0 Å². The van der Waals surface area contributed by atoms with Crippen LogP contribution in [-0.2, 0) is 10.0 Å². The van der Waals surface area contributed by atoms with E-state index in [0.29, 0.717) is 29.4 Å². The third-order valence-electron chi connectivity index (χ3n) is 5.41. The molecule has 4 rings (SSSR count). The lowest BCUT2D eigenvalue weighted by Gasteiger charge is -2.20. The van der Waals surface area contributed by atoms with Gasteiger partial charge in [0.05, 0.1) is 11.4 Å². The highest BCUT2D eigenvalue weighted by Crippen LogP contribution is 2.41. The molecular formula is C20H27N3O4S2. The maximum absolute atomic E-state index is 13.4. The standard InChI is InChI=1S/C20H27N3O4S2/c1-13(2)23-15(4)20(14(3)21-23)29(24,25)22-8-7-19(28-10-9-22)16-5-6-17-18(11-16)27-12-26-17/h5-6,11,13,19H,7-10,12H2,1-4H3. The molecule has 0 radical (unpaired) electrons. The summed E-state index contributed by atoms with van der Waals surface area (Å²) in [6.07, 6.45) is 0.750. The number of sulfonamides is 1. The van der Waals surface area contributed by atoms with E-state index in [1.807, 2.05) is 32.9 Å². The van der Waals surface area contributed by atoms with Crippen LogP contribution in [-0.4, -0.2) is 48.1 Å². The second-order valence-corrected chi connectivity index (χ2v) is 10.9. The molecule has 0 amide bonds. The average Bonchev–Trinajstić information content (AvgIpc) is 3.15. The van der Waals surface area contributed by atoms with Crippen LogP contribution in [0, 0.1) is 13.8 Å². The zero-order valence-corrected chi connectivity index (χ0v) is 18.8. The van der Waals surface area contributed by atoms with Gasteiger partial charge in [0.2, 0.25) is 16.8 Å². The van der Waals surface area contributed by atoms with Crippen molar-refractivity contribution < 1.29 is 17.9 Å². The molecule has 1 fully saturated rings. The molecule has 2 aromatic rings. The van der Waals surface area contributed by atoms with Crippen LogP contribution in [0.15, 0.2) is 23.1 Å². The van der Waals surface area contributed by atoms with Crippen LogP contribution in [0.1, 0.15) is 48.5 Å². The van der Waals surface area contributed by atoms with Crippen molar-refractivity contribution in [2.75, 3.05) is 25.6 Å². The first-order chi connectivity index (χ1) is 13.8. The molecule has 29 heavy (non-hydrogen) atoms. The second kappa shape index (κ2) is 7.85. The predicted octanol–water partition coefficient (Wildman–Crippen LogP) is 3.68. The summed E-state index contributed by atoms with van der Waals surface area (Å²) >= 11 is 1.79. The predicted molar refractivity (Wildman–Crippen MR) is 113 cm³/mol. The number of hydrogen-bond donors (Lipinski definition) is 0. The van der Waals surface area contributed by atoms with E-state index >= 15 is 0 Å². The van der Waals surface area contributed by atoms with Gasteiger partial charge in [-0.25, -0.2) is 8.42 Å². The van der Waals surface area contributed by atoms with E-state index in [4.69, 9.17) is 9.47 Å². The Kier molecular flexibility index (Phi) is 5.56. The first kappa shape index (κ1) is 20.6. The van der Waals surface area contributed by atoms with Crippen molar-refractivity contribution in [2.24, 2.45) is 0 Å². The van der Waals surface area contributed by atoms with Crippen LogP contribution in [0.3, 0.4) is 0 Å². The van der Waals surface area contributed by atoms with Crippen LogP contribution >= 0.6 is 11.8 Å². The lowest BCUT2D eigenvalue weighted by Crippen LogP contribution is -2.33. The van der Waals surface area contributed by atoms with E-state index in [9.17, 15) is 8.42 Å². The third-order valence-corrected chi connectivity index (χ3v) is 8.89. The Morgan fingerprint density at radius 2 is 1.93 bits per heavy atom. The molecule has 7 nitrogen and oxygen atoms in total. The Labute approximate surface area is 176 Å². The lowest BCUT2D eigenvalue weighted by molar-refractivity contribution is 0.174. The van der Waals surface area contributed by atoms with Gasteiger partial charge in [0, 0.05) is 30.1 Å². The van der Waals surface area contributed by atoms with Crippen LogP contribution in [0.25, 0.3) is 0 Å². The summed E-state index contributed by atoms with van der Waals surface area (Å²) < 4.78 is 41.2. The minimum atomic E-state index is -3.58. The summed E-state index contributed by atoms with van der Waals surface area (Å²) in [6, 6.07) is 6.12. The normalized spacial score (nSPS) is 20.2. The lowest BCUT2D eigenvalue weighted by atomic mass is 10.1. The molecule has 3 heterocycles. The van der Waals surface area contributed by atoms with Crippen molar-refractivity contribution in [3.8, 4) is 11.5 Å². The van der Waals surface area contributed by atoms with Crippen molar-refractivity contribution in [1.82, 2.24) is 14.1 Å². The van der Waals surface area contributed by atoms with Crippen LogP contribution in [0.5, 0.6) is 11.5 Å². The number of thioether (sulfide) groups is 1. The van der Waals surface area contributed by atoms with Gasteiger partial charge in [-0.15, -0.1) is 0 Å². The van der Waals surface area contributed by atoms with Gasteiger partial charge in [0.15, 0.2) is 11.5 Å². The number of benzene rings is 1. The van der Waals surface area contributed by atoms with Crippen LogP contribution in [0.2, 0.25) is 0 Å². The molecule has 2 aliphatic heterocycles. The quantitative estimate of drug-likeness (QED) is 0.727. The summed E-state index contributed by atoms with van der Waals surface area (Å²) in [5.74, 6) is 2.28. The first-order valence-electron chi connectivity index (χ1n) is 9.86. The minimum absolute atomic E-state index is 0.118. The summed E-state index contributed by atoms with van der Waals surface area (Å²) in [7, 11) is -3.58. The maximum atomic E-state index is 13.4. The fourth-order valence-corrected chi connectivity index (χ4v) is 7.18. The largest absolute Gasteiger partial charge is 0.454 e. The molecule has 0 aliphatic carbocycles. The third kappa shape index (κ3) is 3.75. The summed E-state index contributed by atoms with van der Waals surface area (Å²) in [5.41, 5.74) is 2.43. The molecule has 1 unspecified atom stereocenters. The van der Waals surface area contributed by atoms with E-state index in [0.717, 1.165) is 29.2 Å². The highest BCUT2D eigenvalue weighted by molar-refractivity contribution is 7.99. The van der Waals surface area contributed by atoms with Gasteiger partial charge in [-0.3, -0.25) is 4.68 Å². The smallest absolute Gasteiger partial charge is 0.246 e. The molecule has 9 heteroatoms. The maximum Gasteiger partial charge on any atom is 0.246 e. The van der Waals surface area contributed by atoms with Crippen molar-refractivity contribution in [1.29, 1.82) is 0 Å². The van der Waals surface area contributed by atoms with Crippen molar-refractivity contribution in [3.63, 3.8) is 0 Å². The molecule has 1 aromatic carbocycles. The van der Waals surface area contributed by atoms with E-state index in [2.05, 4.69) is 11.2 Å². The molecule has 0 saturated carbocycles. The molecule has 1 saturated heterocycles. The Hall–Kier alpha value is -1.71. The molecule has 0 bridgehead atoms. The van der Waals surface area contributed by atoms with Gasteiger partial charge in [-0.2, -0.15) is 21.2 Å². The number of fused-ring (bicyclic) bond motifs is 1. The average molecular weight is 438 g/mol. The SMILES string of the molecule is Cc1nn(C(C)C)c(C)c1S(=O)(=O)N1CCSC(c2ccc3c(c2)OCO3)CC1. The summed E-state index contributed by atoms with van der Waals surface area (Å²) in [4.78, 5) is 0.359. The number of nitrogens with zero attached hydrogens (tertiary/aromatic N) is 3. The fraction of sp³-hybridized carbons (Fsp3) is 0.550. The van der Waals surface area contributed by atoms with Crippen molar-refractivity contribution in [2.45, 2.75) is 50.3 Å². The van der Waals surface area contributed by atoms with Gasteiger partial charge >= 0.3 is 0 Å². The number of aromatic nitrogens is 2. The highest BCUT2D eigenvalue weighted by atomic mass is 32.2. The Morgan fingerprint density at radius 3 is 2.66 bits per heavy atom. The second-order valence-electron chi connectivity index (χ2n) is 7.70. The molecule has 1 atom stereocenters. The minimum Gasteiger partial charge on any atom is -0.454 e.